The summed E-state index contributed by atoms with van der Waals surface area (Å²) in [6, 6.07) is 7.51. The number of Topliss-reactive ketones (excluding diaryl/α,β-unsaturated/α-hetero) is 1. The van der Waals surface area contributed by atoms with Crippen LogP contribution in [0.5, 0.6) is 17.2 Å². The van der Waals surface area contributed by atoms with Gasteiger partial charge in [0.15, 0.2) is 11.5 Å². The Morgan fingerprint density at radius 1 is 1.00 bits per heavy atom. The molecule has 0 unspecified atom stereocenters. The fourth-order valence-corrected chi connectivity index (χ4v) is 4.18. The summed E-state index contributed by atoms with van der Waals surface area (Å²) in [6.45, 7) is 7.92. The first-order chi connectivity index (χ1) is 13.7. The van der Waals surface area contributed by atoms with Gasteiger partial charge in [-0.05, 0) is 43.2 Å². The van der Waals surface area contributed by atoms with Gasteiger partial charge in [-0.15, -0.1) is 0 Å². The highest BCUT2D eigenvalue weighted by Crippen LogP contribution is 2.54. The molecule has 0 saturated carbocycles. The van der Waals surface area contributed by atoms with Crippen LogP contribution in [0.3, 0.4) is 0 Å². The van der Waals surface area contributed by atoms with Crippen molar-refractivity contribution in [2.24, 2.45) is 5.92 Å². The molecule has 0 saturated heterocycles. The molecule has 1 aromatic heterocycles. The van der Waals surface area contributed by atoms with Gasteiger partial charge in [0.2, 0.25) is 11.4 Å². The third-order valence-corrected chi connectivity index (χ3v) is 6.09. The molecule has 152 valence electrons. The molecule has 2 heterocycles. The second-order valence-corrected chi connectivity index (χ2v) is 8.08. The molecule has 1 aliphatic rings. The van der Waals surface area contributed by atoms with Crippen LogP contribution in [0, 0.1) is 19.8 Å². The molecule has 1 atom stereocenters. The van der Waals surface area contributed by atoms with E-state index in [1.807, 2.05) is 39.8 Å². The van der Waals surface area contributed by atoms with E-state index in [0.717, 1.165) is 16.5 Å². The molecule has 0 fully saturated rings. The summed E-state index contributed by atoms with van der Waals surface area (Å²) in [6.07, 6.45) is 0. The lowest BCUT2D eigenvalue weighted by Crippen LogP contribution is -2.42. The monoisotopic (exact) mass is 414 g/mol. The second kappa shape index (κ2) is 6.70. The van der Waals surface area contributed by atoms with Crippen LogP contribution in [-0.2, 0) is 5.60 Å². The largest absolute Gasteiger partial charge is 0.496 e. The van der Waals surface area contributed by atoms with Gasteiger partial charge in [0.1, 0.15) is 27.7 Å². The third-order valence-electron chi connectivity index (χ3n) is 5.73. The molecule has 6 heteroatoms. The van der Waals surface area contributed by atoms with Crippen molar-refractivity contribution in [1.29, 1.82) is 0 Å². The van der Waals surface area contributed by atoms with E-state index in [1.165, 1.54) is 14.2 Å². The maximum absolute atomic E-state index is 13.7. The van der Waals surface area contributed by atoms with E-state index in [0.29, 0.717) is 28.4 Å². The summed E-state index contributed by atoms with van der Waals surface area (Å²) in [4.78, 5) is 13.7. The number of fused-ring (bicyclic) bond motifs is 2. The standard InChI is InChI=1S/C23H23ClO5/c1-11(2)23(18-9-14-7-12(3)13(4)8-15(14)28-18)22(25)19-16(26-5)10-17(27-6)20(24)21(19)29-23/h7-11H,1-6H3/t23-/m0/s1. The van der Waals surface area contributed by atoms with E-state index in [2.05, 4.69) is 6.07 Å². The number of hydrogen-bond donors (Lipinski definition) is 0. The Morgan fingerprint density at radius 3 is 2.28 bits per heavy atom. The summed E-state index contributed by atoms with van der Waals surface area (Å²) < 4.78 is 23.3. The van der Waals surface area contributed by atoms with Crippen molar-refractivity contribution in [3.63, 3.8) is 0 Å². The Hall–Kier alpha value is -2.66. The SMILES string of the molecule is COc1cc(OC)c2c(c1Cl)O[C@](c1cc3cc(C)c(C)cc3o1)(C(C)C)C2=O. The number of ether oxygens (including phenoxy) is 3. The van der Waals surface area contributed by atoms with Crippen molar-refractivity contribution in [3.05, 3.63) is 51.7 Å². The first-order valence-electron chi connectivity index (χ1n) is 9.44. The maximum atomic E-state index is 13.7. The number of carbonyl (C=O) groups excluding carboxylic acids is 1. The average Bonchev–Trinajstić information content (AvgIpc) is 3.22. The molecule has 0 amide bonds. The molecule has 0 spiro atoms. The molecule has 4 rings (SSSR count). The van der Waals surface area contributed by atoms with E-state index in [1.54, 1.807) is 6.07 Å². The molecule has 3 aromatic rings. The zero-order chi connectivity index (χ0) is 21.1. The van der Waals surface area contributed by atoms with E-state index in [4.69, 9.17) is 30.2 Å². The normalized spacial score (nSPS) is 18.3. The Morgan fingerprint density at radius 2 is 1.66 bits per heavy atom. The van der Waals surface area contributed by atoms with Crippen LogP contribution in [0.15, 0.2) is 28.7 Å². The summed E-state index contributed by atoms with van der Waals surface area (Å²) >= 11 is 6.50. The molecule has 0 bridgehead atoms. The van der Waals surface area contributed by atoms with E-state index in [-0.39, 0.29) is 22.5 Å². The van der Waals surface area contributed by atoms with Gasteiger partial charge in [0.05, 0.1) is 14.2 Å². The predicted molar refractivity (Wildman–Crippen MR) is 112 cm³/mol. The lowest BCUT2D eigenvalue weighted by atomic mass is 9.82. The molecule has 0 N–H and O–H groups in total. The van der Waals surface area contributed by atoms with Gasteiger partial charge in [-0.1, -0.05) is 25.4 Å². The lowest BCUT2D eigenvalue weighted by Gasteiger charge is -2.29. The number of hydrogen-bond acceptors (Lipinski definition) is 5. The zero-order valence-electron chi connectivity index (χ0n) is 17.3. The van der Waals surface area contributed by atoms with Gasteiger partial charge in [0.25, 0.3) is 0 Å². The predicted octanol–water partition coefficient (Wildman–Crippen LogP) is 5.85. The highest BCUT2D eigenvalue weighted by Gasteiger charge is 2.56. The van der Waals surface area contributed by atoms with Crippen LogP contribution in [0.2, 0.25) is 5.02 Å². The van der Waals surface area contributed by atoms with Crippen molar-refractivity contribution < 1.29 is 23.4 Å². The van der Waals surface area contributed by atoms with Crippen LogP contribution in [0.1, 0.15) is 41.1 Å². The first kappa shape index (κ1) is 19.6. The Kier molecular flexibility index (Phi) is 4.54. The quantitative estimate of drug-likeness (QED) is 0.536. The first-order valence-corrected chi connectivity index (χ1v) is 9.82. The highest BCUT2D eigenvalue weighted by molar-refractivity contribution is 6.35. The highest BCUT2D eigenvalue weighted by atomic mass is 35.5. The Balaban J connectivity index is 1.97. The minimum atomic E-state index is -1.34. The number of aryl methyl sites for hydroxylation is 2. The van der Waals surface area contributed by atoms with Crippen LogP contribution in [0.4, 0.5) is 0 Å². The summed E-state index contributed by atoms with van der Waals surface area (Å²) in [5.74, 6) is 0.982. The topological polar surface area (TPSA) is 57.9 Å². The minimum Gasteiger partial charge on any atom is -0.496 e. The Bertz CT molecular complexity index is 1110. The van der Waals surface area contributed by atoms with Crippen LogP contribution in [0.25, 0.3) is 11.0 Å². The van der Waals surface area contributed by atoms with Crippen molar-refractivity contribution in [2.75, 3.05) is 14.2 Å². The van der Waals surface area contributed by atoms with Gasteiger partial charge < -0.3 is 18.6 Å². The molecule has 1 aliphatic heterocycles. The number of ketones is 1. The minimum absolute atomic E-state index is 0.225. The molecule has 29 heavy (non-hydrogen) atoms. The van der Waals surface area contributed by atoms with E-state index in [9.17, 15) is 4.79 Å². The van der Waals surface area contributed by atoms with E-state index >= 15 is 0 Å². The van der Waals surface area contributed by atoms with Crippen LogP contribution in [-0.4, -0.2) is 20.0 Å². The number of benzene rings is 2. The van der Waals surface area contributed by atoms with Crippen LogP contribution < -0.4 is 14.2 Å². The smallest absolute Gasteiger partial charge is 0.231 e. The fourth-order valence-electron chi connectivity index (χ4n) is 3.91. The van der Waals surface area contributed by atoms with Crippen molar-refractivity contribution >= 4 is 28.4 Å². The van der Waals surface area contributed by atoms with Gasteiger partial charge in [0, 0.05) is 17.4 Å². The summed E-state index contributed by atoms with van der Waals surface area (Å²) in [5.41, 5.74) is 1.95. The number of halogens is 1. The number of rotatable bonds is 4. The number of methoxy groups -OCH3 is 2. The molecule has 0 aliphatic carbocycles. The zero-order valence-corrected chi connectivity index (χ0v) is 18.1. The Labute approximate surface area is 174 Å². The number of carbonyl (C=O) groups is 1. The van der Waals surface area contributed by atoms with Crippen molar-refractivity contribution in [1.82, 2.24) is 0 Å². The van der Waals surface area contributed by atoms with Crippen molar-refractivity contribution in [2.45, 2.75) is 33.3 Å². The van der Waals surface area contributed by atoms with Gasteiger partial charge >= 0.3 is 0 Å². The van der Waals surface area contributed by atoms with Gasteiger partial charge in [-0.25, -0.2) is 0 Å². The molecule has 5 nitrogen and oxygen atoms in total. The van der Waals surface area contributed by atoms with E-state index < -0.39 is 5.60 Å². The second-order valence-electron chi connectivity index (χ2n) is 7.71. The molecule has 2 aromatic carbocycles. The summed E-state index contributed by atoms with van der Waals surface area (Å²) in [5, 5.41) is 1.16. The van der Waals surface area contributed by atoms with Gasteiger partial charge in [-0.3, -0.25) is 4.79 Å². The molecule has 0 radical (unpaired) electrons. The number of furan rings is 1. The lowest BCUT2D eigenvalue weighted by molar-refractivity contribution is 0.0216. The third kappa shape index (κ3) is 2.64. The van der Waals surface area contributed by atoms with Crippen molar-refractivity contribution in [3.8, 4) is 17.2 Å². The maximum Gasteiger partial charge on any atom is 0.231 e. The fraction of sp³-hybridized carbons (Fsp3) is 0.348. The van der Waals surface area contributed by atoms with Gasteiger partial charge in [-0.2, -0.15) is 0 Å². The summed E-state index contributed by atoms with van der Waals surface area (Å²) in [7, 11) is 3.00. The molecular weight excluding hydrogens is 392 g/mol. The molecular formula is C23H23ClO5. The average molecular weight is 415 g/mol. The van der Waals surface area contributed by atoms with Crippen LogP contribution >= 0.6 is 11.6 Å².